The van der Waals surface area contributed by atoms with E-state index >= 15 is 0 Å². The molecule has 30 heavy (non-hydrogen) atoms. The summed E-state index contributed by atoms with van der Waals surface area (Å²) < 4.78 is 41.6. The zero-order valence-electron chi connectivity index (χ0n) is 15.2. The summed E-state index contributed by atoms with van der Waals surface area (Å²) in [4.78, 5) is 27.7. The van der Waals surface area contributed by atoms with Crippen LogP contribution in [0.3, 0.4) is 0 Å². The van der Waals surface area contributed by atoms with Crippen LogP contribution in [0.15, 0.2) is 67.0 Å². The second-order valence-electron chi connectivity index (χ2n) is 6.31. The van der Waals surface area contributed by atoms with Gasteiger partial charge in [0.25, 0.3) is 11.8 Å². The first kappa shape index (κ1) is 19.2. The molecule has 4 rings (SSSR count). The Morgan fingerprint density at radius 2 is 1.53 bits per heavy atom. The number of nitrogens with one attached hydrogen (secondary N) is 3. The Labute approximate surface area is 167 Å². The van der Waals surface area contributed by atoms with Gasteiger partial charge in [-0.1, -0.05) is 36.4 Å². The molecule has 10 heteroatoms. The number of benzene rings is 2. The zero-order chi connectivity index (χ0) is 21.3. The Balaban J connectivity index is 1.58. The number of alkyl halides is 3. The van der Waals surface area contributed by atoms with E-state index in [4.69, 9.17) is 0 Å². The lowest BCUT2D eigenvalue weighted by Crippen LogP contribution is -2.42. The molecule has 0 aliphatic carbocycles. The van der Waals surface area contributed by atoms with E-state index in [1.165, 1.54) is 18.3 Å². The maximum absolute atomic E-state index is 13.7. The SMILES string of the molecule is O=C(NNC(=O)c1c[nH]c2ccccc12)c1cnn(-c2ccccc2)c1C(F)(F)F. The fraction of sp³-hybridized carbons (Fsp3) is 0.0500. The third-order valence-corrected chi connectivity index (χ3v) is 4.41. The molecule has 0 aliphatic rings. The van der Waals surface area contributed by atoms with E-state index in [0.717, 1.165) is 6.20 Å². The number of carbonyl (C=O) groups is 2. The predicted octanol–water partition coefficient (Wildman–Crippen LogP) is 3.45. The fourth-order valence-corrected chi connectivity index (χ4v) is 3.06. The van der Waals surface area contributed by atoms with Gasteiger partial charge in [-0.15, -0.1) is 0 Å². The Morgan fingerprint density at radius 1 is 0.900 bits per heavy atom. The number of nitrogens with zero attached hydrogens (tertiary/aromatic N) is 2. The molecule has 0 unspecified atom stereocenters. The van der Waals surface area contributed by atoms with E-state index < -0.39 is 29.2 Å². The lowest BCUT2D eigenvalue weighted by atomic mass is 10.2. The average Bonchev–Trinajstić information content (AvgIpc) is 3.37. The molecule has 0 aliphatic heterocycles. The summed E-state index contributed by atoms with van der Waals surface area (Å²) in [5.41, 5.74) is 3.29. The van der Waals surface area contributed by atoms with Crippen molar-refractivity contribution in [3.8, 4) is 5.69 Å². The van der Waals surface area contributed by atoms with Crippen LogP contribution in [0.4, 0.5) is 13.2 Å². The topological polar surface area (TPSA) is 91.8 Å². The molecule has 0 atom stereocenters. The molecule has 0 fully saturated rings. The number of hydrogen-bond donors (Lipinski definition) is 3. The van der Waals surface area contributed by atoms with Crippen molar-refractivity contribution in [2.24, 2.45) is 0 Å². The van der Waals surface area contributed by atoms with Gasteiger partial charge in [-0.3, -0.25) is 20.4 Å². The van der Waals surface area contributed by atoms with Gasteiger partial charge >= 0.3 is 6.18 Å². The van der Waals surface area contributed by atoms with Crippen LogP contribution in [0.5, 0.6) is 0 Å². The average molecular weight is 413 g/mol. The first-order chi connectivity index (χ1) is 14.4. The second kappa shape index (κ2) is 7.39. The number of para-hydroxylation sites is 2. The molecule has 4 aromatic rings. The third-order valence-electron chi connectivity index (χ3n) is 4.41. The molecule has 2 amide bonds. The van der Waals surface area contributed by atoms with Crippen LogP contribution in [-0.2, 0) is 6.18 Å². The Morgan fingerprint density at radius 3 is 2.23 bits per heavy atom. The van der Waals surface area contributed by atoms with Gasteiger partial charge in [-0.2, -0.15) is 18.3 Å². The normalized spacial score (nSPS) is 11.4. The van der Waals surface area contributed by atoms with E-state index in [0.29, 0.717) is 15.6 Å². The quantitative estimate of drug-likeness (QED) is 0.449. The number of halogens is 3. The lowest BCUT2D eigenvalue weighted by molar-refractivity contribution is -0.143. The zero-order valence-corrected chi connectivity index (χ0v) is 15.2. The van der Waals surface area contributed by atoms with Crippen LogP contribution in [0.2, 0.25) is 0 Å². The number of hydrazine groups is 1. The summed E-state index contributed by atoms with van der Waals surface area (Å²) in [7, 11) is 0. The van der Waals surface area contributed by atoms with Crippen molar-refractivity contribution < 1.29 is 22.8 Å². The van der Waals surface area contributed by atoms with Gasteiger partial charge < -0.3 is 4.98 Å². The summed E-state index contributed by atoms with van der Waals surface area (Å²) in [6.07, 6.45) is -2.59. The highest BCUT2D eigenvalue weighted by Crippen LogP contribution is 2.33. The Kier molecular flexibility index (Phi) is 4.74. The smallest absolute Gasteiger partial charge is 0.360 e. The van der Waals surface area contributed by atoms with Crippen molar-refractivity contribution in [3.05, 3.63) is 83.8 Å². The lowest BCUT2D eigenvalue weighted by Gasteiger charge is -2.13. The number of amides is 2. The van der Waals surface area contributed by atoms with Crippen molar-refractivity contribution in [2.75, 3.05) is 0 Å². The maximum atomic E-state index is 13.7. The molecule has 2 aromatic carbocycles. The number of aromatic nitrogens is 3. The Bertz CT molecular complexity index is 1230. The summed E-state index contributed by atoms with van der Waals surface area (Å²) in [6.45, 7) is 0. The molecule has 3 N–H and O–H groups in total. The van der Waals surface area contributed by atoms with Crippen LogP contribution in [0.1, 0.15) is 26.4 Å². The first-order valence-electron chi connectivity index (χ1n) is 8.73. The summed E-state index contributed by atoms with van der Waals surface area (Å²) in [6, 6.07) is 14.6. The Hall–Kier alpha value is -4.08. The monoisotopic (exact) mass is 413 g/mol. The summed E-state index contributed by atoms with van der Waals surface area (Å²) >= 11 is 0. The number of hydrogen-bond acceptors (Lipinski definition) is 3. The minimum Gasteiger partial charge on any atom is -0.360 e. The third kappa shape index (κ3) is 3.50. The van der Waals surface area contributed by atoms with E-state index in [-0.39, 0.29) is 11.3 Å². The molecule has 0 saturated heterocycles. The largest absolute Gasteiger partial charge is 0.434 e. The van der Waals surface area contributed by atoms with Crippen LogP contribution < -0.4 is 10.9 Å². The number of H-pyrrole nitrogens is 1. The van der Waals surface area contributed by atoms with Gasteiger partial charge in [0, 0.05) is 17.1 Å². The molecule has 7 nitrogen and oxygen atoms in total. The van der Waals surface area contributed by atoms with E-state index in [1.54, 1.807) is 42.5 Å². The standard InChI is InChI=1S/C20H14F3N5O2/c21-20(22,23)17-15(11-25-28(17)12-6-2-1-3-7-12)19(30)27-26-18(29)14-10-24-16-9-5-4-8-13(14)16/h1-11,24H,(H,26,29)(H,27,30). The van der Waals surface area contributed by atoms with Crippen LogP contribution in [0.25, 0.3) is 16.6 Å². The molecule has 0 bridgehead atoms. The van der Waals surface area contributed by atoms with Gasteiger partial charge in [0.05, 0.1) is 23.0 Å². The van der Waals surface area contributed by atoms with Crippen molar-refractivity contribution in [3.63, 3.8) is 0 Å². The van der Waals surface area contributed by atoms with E-state index in [1.807, 2.05) is 5.43 Å². The fourth-order valence-electron chi connectivity index (χ4n) is 3.06. The summed E-state index contributed by atoms with van der Waals surface area (Å²) in [5, 5.41) is 4.32. The second-order valence-corrected chi connectivity index (χ2v) is 6.31. The number of aromatic amines is 1. The molecule has 0 spiro atoms. The van der Waals surface area contributed by atoms with E-state index in [9.17, 15) is 22.8 Å². The van der Waals surface area contributed by atoms with Gasteiger partial charge in [-0.05, 0) is 18.2 Å². The first-order valence-corrected chi connectivity index (χ1v) is 8.73. The highest BCUT2D eigenvalue weighted by atomic mass is 19.4. The molecule has 2 aromatic heterocycles. The minimum atomic E-state index is -4.85. The van der Waals surface area contributed by atoms with Crippen LogP contribution >= 0.6 is 0 Å². The molecule has 152 valence electrons. The van der Waals surface area contributed by atoms with Crippen molar-refractivity contribution in [1.82, 2.24) is 25.6 Å². The highest BCUT2D eigenvalue weighted by Gasteiger charge is 2.40. The minimum absolute atomic E-state index is 0.145. The van der Waals surface area contributed by atoms with Gasteiger partial charge in [0.2, 0.25) is 0 Å². The van der Waals surface area contributed by atoms with Gasteiger partial charge in [0.15, 0.2) is 5.69 Å². The maximum Gasteiger partial charge on any atom is 0.434 e. The molecular formula is C20H14F3N5O2. The molecule has 2 heterocycles. The number of rotatable bonds is 3. The number of carbonyl (C=O) groups excluding carboxylic acids is 2. The summed E-state index contributed by atoms with van der Waals surface area (Å²) in [5.74, 6) is -1.82. The highest BCUT2D eigenvalue weighted by molar-refractivity contribution is 6.07. The van der Waals surface area contributed by atoms with E-state index in [2.05, 4.69) is 15.5 Å². The van der Waals surface area contributed by atoms with Crippen molar-refractivity contribution in [2.45, 2.75) is 6.18 Å². The number of fused-ring (bicyclic) bond motifs is 1. The molecule has 0 radical (unpaired) electrons. The van der Waals surface area contributed by atoms with Crippen molar-refractivity contribution in [1.29, 1.82) is 0 Å². The molecule has 0 saturated carbocycles. The van der Waals surface area contributed by atoms with Gasteiger partial charge in [0.1, 0.15) is 0 Å². The predicted molar refractivity (Wildman–Crippen MR) is 102 cm³/mol. The van der Waals surface area contributed by atoms with Gasteiger partial charge in [-0.25, -0.2) is 4.68 Å². The molecular weight excluding hydrogens is 399 g/mol. The van der Waals surface area contributed by atoms with Crippen LogP contribution in [-0.4, -0.2) is 26.6 Å². The van der Waals surface area contributed by atoms with Crippen LogP contribution in [0, 0.1) is 0 Å². The van der Waals surface area contributed by atoms with Crippen molar-refractivity contribution >= 4 is 22.7 Å².